The molecule has 2 heterocycles. The second kappa shape index (κ2) is 5.46. The van der Waals surface area contributed by atoms with E-state index in [9.17, 15) is 9.00 Å². The van der Waals surface area contributed by atoms with Gasteiger partial charge in [0.15, 0.2) is 0 Å². The minimum atomic E-state index is -1.15. The van der Waals surface area contributed by atoms with Crippen LogP contribution < -0.4 is 0 Å². The highest BCUT2D eigenvalue weighted by atomic mass is 32.2. The Balaban J connectivity index is 1.93. The fourth-order valence-corrected chi connectivity index (χ4v) is 3.14. The molecule has 1 aromatic rings. The predicted molar refractivity (Wildman–Crippen MR) is 61.4 cm³/mol. The van der Waals surface area contributed by atoms with Gasteiger partial charge in [0.25, 0.3) is 0 Å². The van der Waals surface area contributed by atoms with Crippen molar-refractivity contribution in [3.8, 4) is 0 Å². The van der Waals surface area contributed by atoms with Crippen molar-refractivity contribution < 1.29 is 23.3 Å². The summed E-state index contributed by atoms with van der Waals surface area (Å²) in [5.74, 6) is -0.203. The van der Waals surface area contributed by atoms with E-state index >= 15 is 0 Å². The summed E-state index contributed by atoms with van der Waals surface area (Å²) in [5, 5.41) is 8.87. The van der Waals surface area contributed by atoms with E-state index in [0.717, 1.165) is 19.4 Å². The molecule has 0 bridgehead atoms. The molecule has 0 amide bonds. The van der Waals surface area contributed by atoms with Crippen LogP contribution in [0, 0.1) is 0 Å². The van der Waals surface area contributed by atoms with Gasteiger partial charge in [-0.25, -0.2) is 4.79 Å². The quantitative estimate of drug-likeness (QED) is 0.864. The van der Waals surface area contributed by atoms with E-state index < -0.39 is 16.8 Å². The zero-order chi connectivity index (χ0) is 12.3. The Morgan fingerprint density at radius 1 is 1.59 bits per heavy atom. The van der Waals surface area contributed by atoms with Crippen LogP contribution in [0.15, 0.2) is 16.7 Å². The molecular formula is C11H14O5S. The van der Waals surface area contributed by atoms with Crippen molar-refractivity contribution in [3.05, 3.63) is 23.7 Å². The van der Waals surface area contributed by atoms with Crippen LogP contribution in [-0.4, -0.2) is 33.7 Å². The maximum Gasteiger partial charge on any atom is 0.339 e. The van der Waals surface area contributed by atoms with E-state index in [1.54, 1.807) is 0 Å². The van der Waals surface area contributed by atoms with Gasteiger partial charge in [-0.05, 0) is 18.9 Å². The van der Waals surface area contributed by atoms with Crippen molar-refractivity contribution in [2.75, 3.05) is 12.4 Å². The molecule has 0 aliphatic carbocycles. The first-order valence-electron chi connectivity index (χ1n) is 5.43. The largest absolute Gasteiger partial charge is 0.478 e. The molecular weight excluding hydrogens is 244 g/mol. The number of carboxylic acid groups (broad SMARTS) is 1. The van der Waals surface area contributed by atoms with E-state index in [2.05, 4.69) is 0 Å². The Hall–Kier alpha value is -1.14. The molecule has 0 spiro atoms. The van der Waals surface area contributed by atoms with Gasteiger partial charge < -0.3 is 14.3 Å². The standard InChI is InChI=1S/C11H14O5S/c12-11(13)9-3-5-16-10(9)7-17(14)6-8-2-1-4-15-8/h3,5,8H,1-2,4,6-7H2,(H,12,13). The second-order valence-electron chi connectivity index (χ2n) is 3.95. The summed E-state index contributed by atoms with van der Waals surface area (Å²) in [4.78, 5) is 10.8. The molecule has 1 saturated heterocycles. The number of hydrogen-bond acceptors (Lipinski definition) is 4. The molecule has 17 heavy (non-hydrogen) atoms. The van der Waals surface area contributed by atoms with Gasteiger partial charge in [0.2, 0.25) is 0 Å². The summed E-state index contributed by atoms with van der Waals surface area (Å²) < 4.78 is 22.2. The van der Waals surface area contributed by atoms with Crippen molar-refractivity contribution in [2.24, 2.45) is 0 Å². The van der Waals surface area contributed by atoms with Crippen LogP contribution in [0.5, 0.6) is 0 Å². The molecule has 1 aliphatic heterocycles. The zero-order valence-electron chi connectivity index (χ0n) is 9.26. The predicted octanol–water partition coefficient (Wildman–Crippen LogP) is 1.41. The van der Waals surface area contributed by atoms with Crippen LogP contribution in [-0.2, 0) is 21.3 Å². The van der Waals surface area contributed by atoms with Crippen molar-refractivity contribution in [1.82, 2.24) is 0 Å². The van der Waals surface area contributed by atoms with Crippen LogP contribution >= 0.6 is 0 Å². The third-order valence-corrected chi connectivity index (χ3v) is 3.99. The van der Waals surface area contributed by atoms with Crippen molar-refractivity contribution in [2.45, 2.75) is 24.7 Å². The lowest BCUT2D eigenvalue weighted by atomic mass is 10.3. The Morgan fingerprint density at radius 2 is 2.41 bits per heavy atom. The van der Waals surface area contributed by atoms with Gasteiger partial charge >= 0.3 is 5.97 Å². The van der Waals surface area contributed by atoms with Gasteiger partial charge in [-0.1, -0.05) is 0 Å². The summed E-state index contributed by atoms with van der Waals surface area (Å²) in [5.41, 5.74) is 0.0886. The van der Waals surface area contributed by atoms with Gasteiger partial charge in [0.1, 0.15) is 11.3 Å². The minimum Gasteiger partial charge on any atom is -0.478 e. The summed E-state index contributed by atoms with van der Waals surface area (Å²) >= 11 is 0. The third kappa shape index (κ3) is 3.17. The first-order chi connectivity index (χ1) is 8.16. The number of rotatable bonds is 5. The zero-order valence-corrected chi connectivity index (χ0v) is 10.1. The molecule has 6 heteroatoms. The van der Waals surface area contributed by atoms with Crippen LogP contribution in [0.4, 0.5) is 0 Å². The van der Waals surface area contributed by atoms with Gasteiger partial charge in [-0.2, -0.15) is 0 Å². The van der Waals surface area contributed by atoms with E-state index in [-0.39, 0.29) is 23.2 Å². The molecule has 94 valence electrons. The number of carboxylic acids is 1. The average molecular weight is 258 g/mol. The van der Waals surface area contributed by atoms with E-state index in [4.69, 9.17) is 14.3 Å². The first kappa shape index (κ1) is 12.3. The highest BCUT2D eigenvalue weighted by Crippen LogP contribution is 2.17. The molecule has 5 nitrogen and oxygen atoms in total. The lowest BCUT2D eigenvalue weighted by Crippen LogP contribution is -2.17. The molecule has 0 aromatic carbocycles. The van der Waals surface area contributed by atoms with E-state index in [0.29, 0.717) is 5.75 Å². The topological polar surface area (TPSA) is 76.7 Å². The number of ether oxygens (including phenoxy) is 1. The normalized spacial score (nSPS) is 21.5. The lowest BCUT2D eigenvalue weighted by Gasteiger charge is -2.08. The first-order valence-corrected chi connectivity index (χ1v) is 6.92. The number of carbonyl (C=O) groups is 1. The molecule has 1 fully saturated rings. The number of aromatic carboxylic acids is 1. The van der Waals surface area contributed by atoms with E-state index in [1.165, 1.54) is 12.3 Å². The minimum absolute atomic E-state index is 0.0408. The highest BCUT2D eigenvalue weighted by Gasteiger charge is 2.21. The Bertz CT molecular complexity index is 419. The van der Waals surface area contributed by atoms with Crippen LogP contribution in [0.2, 0.25) is 0 Å². The smallest absolute Gasteiger partial charge is 0.339 e. The van der Waals surface area contributed by atoms with Crippen LogP contribution in [0.3, 0.4) is 0 Å². The fraction of sp³-hybridized carbons (Fsp3) is 0.545. The van der Waals surface area contributed by atoms with Gasteiger partial charge in [-0.3, -0.25) is 4.21 Å². The molecule has 0 saturated carbocycles. The van der Waals surface area contributed by atoms with Crippen molar-refractivity contribution in [1.29, 1.82) is 0 Å². The molecule has 1 aromatic heterocycles. The summed E-state index contributed by atoms with van der Waals surface area (Å²) in [6.07, 6.45) is 3.28. The molecule has 2 rings (SSSR count). The Labute approximate surface area is 101 Å². The molecule has 0 radical (unpaired) electrons. The van der Waals surface area contributed by atoms with Gasteiger partial charge in [0, 0.05) is 17.4 Å². The van der Waals surface area contributed by atoms with Crippen molar-refractivity contribution >= 4 is 16.8 Å². The number of furan rings is 1. The summed E-state index contributed by atoms with van der Waals surface area (Å²) in [6, 6.07) is 1.38. The molecule has 1 aliphatic rings. The SMILES string of the molecule is O=C(O)c1ccoc1CS(=O)CC1CCCO1. The Morgan fingerprint density at radius 3 is 3.06 bits per heavy atom. The van der Waals surface area contributed by atoms with Crippen molar-refractivity contribution in [3.63, 3.8) is 0 Å². The molecule has 2 atom stereocenters. The second-order valence-corrected chi connectivity index (χ2v) is 5.45. The number of hydrogen-bond donors (Lipinski definition) is 1. The highest BCUT2D eigenvalue weighted by molar-refractivity contribution is 7.84. The maximum absolute atomic E-state index is 11.8. The third-order valence-electron chi connectivity index (χ3n) is 2.66. The Kier molecular flexibility index (Phi) is 3.96. The monoisotopic (exact) mass is 258 g/mol. The average Bonchev–Trinajstić information content (AvgIpc) is 2.88. The molecule has 2 unspecified atom stereocenters. The van der Waals surface area contributed by atoms with Crippen LogP contribution in [0.25, 0.3) is 0 Å². The summed E-state index contributed by atoms with van der Waals surface area (Å²) in [7, 11) is -1.15. The molecule has 1 N–H and O–H groups in total. The van der Waals surface area contributed by atoms with Gasteiger partial charge in [0.05, 0.1) is 23.9 Å². The lowest BCUT2D eigenvalue weighted by molar-refractivity contribution is 0.0695. The summed E-state index contributed by atoms with van der Waals surface area (Å²) in [6.45, 7) is 0.725. The fourth-order valence-electron chi connectivity index (χ4n) is 1.83. The van der Waals surface area contributed by atoms with Gasteiger partial charge in [-0.15, -0.1) is 0 Å². The maximum atomic E-state index is 11.8. The van der Waals surface area contributed by atoms with Crippen LogP contribution in [0.1, 0.15) is 29.0 Å². The van der Waals surface area contributed by atoms with E-state index in [1.807, 2.05) is 0 Å².